The van der Waals surface area contributed by atoms with Gasteiger partial charge in [0, 0.05) is 19.5 Å². The van der Waals surface area contributed by atoms with E-state index in [4.69, 9.17) is 14.0 Å². The number of unbranched alkanes of at least 4 members (excludes halogenated alkanes) is 13. The molecule has 0 fully saturated rings. The average molecular weight is 493 g/mol. The second-order valence-electron chi connectivity index (χ2n) is 10.2. The molecule has 0 saturated heterocycles. The van der Waals surface area contributed by atoms with E-state index in [-0.39, 0.29) is 12.7 Å². The summed E-state index contributed by atoms with van der Waals surface area (Å²) in [5.41, 5.74) is 0. The predicted molar refractivity (Wildman–Crippen MR) is 140 cm³/mol. The predicted octanol–water partition coefficient (Wildman–Crippen LogP) is 6.92. The van der Waals surface area contributed by atoms with Crippen molar-refractivity contribution in [3.8, 4) is 0 Å². The largest absolute Gasteiger partial charge is 0.378 e. The van der Waals surface area contributed by atoms with Gasteiger partial charge in [-0.1, -0.05) is 90.4 Å². The van der Waals surface area contributed by atoms with Gasteiger partial charge in [0.2, 0.25) is 0 Å². The lowest BCUT2D eigenvalue weighted by molar-refractivity contribution is -0.870. The van der Waals surface area contributed by atoms with Crippen molar-refractivity contribution in [1.82, 2.24) is 0 Å². The molecule has 7 heteroatoms. The van der Waals surface area contributed by atoms with Gasteiger partial charge in [0.05, 0.1) is 33.9 Å². The number of hydrogen-bond acceptors (Lipinski definition) is 4. The Kier molecular flexibility index (Phi) is 20.9. The first kappa shape index (κ1) is 32.8. The van der Waals surface area contributed by atoms with Gasteiger partial charge in [0.15, 0.2) is 0 Å². The van der Waals surface area contributed by atoms with Crippen molar-refractivity contribution in [2.75, 3.05) is 54.6 Å². The molecule has 0 amide bonds. The number of rotatable bonds is 24. The maximum absolute atomic E-state index is 12.1. The van der Waals surface area contributed by atoms with Gasteiger partial charge in [-0.3, -0.25) is 9.09 Å². The summed E-state index contributed by atoms with van der Waals surface area (Å²) >= 11 is 0. The summed E-state index contributed by atoms with van der Waals surface area (Å²) in [5.74, 6) is 1.21. The minimum absolute atomic E-state index is 0.231. The Hall–Kier alpha value is -0.230. The first-order chi connectivity index (χ1) is 15.7. The molecule has 0 aliphatic carbocycles. The van der Waals surface area contributed by atoms with Gasteiger partial charge >= 0.3 is 7.60 Å². The van der Waals surface area contributed by atoms with Crippen molar-refractivity contribution in [1.29, 1.82) is 0 Å². The number of ether oxygens (including phenoxy) is 2. The summed E-state index contributed by atoms with van der Waals surface area (Å²) in [6, 6.07) is 0. The molecule has 0 aromatic rings. The smallest absolute Gasteiger partial charge is 0.351 e. The summed E-state index contributed by atoms with van der Waals surface area (Å²) in [5, 5.41) is 0. The lowest BCUT2D eigenvalue weighted by atomic mass is 10.0. The van der Waals surface area contributed by atoms with Crippen LogP contribution in [-0.4, -0.2) is 70.1 Å². The van der Waals surface area contributed by atoms with Gasteiger partial charge in [-0.25, -0.2) is 0 Å². The summed E-state index contributed by atoms with van der Waals surface area (Å²) in [6.07, 6.45) is 20.0. The molecule has 0 aliphatic heterocycles. The van der Waals surface area contributed by atoms with Gasteiger partial charge < -0.3 is 18.9 Å². The molecule has 0 aromatic carbocycles. The number of methoxy groups -OCH3 is 1. The van der Waals surface area contributed by atoms with Crippen molar-refractivity contribution in [3.05, 3.63) is 11.9 Å². The molecule has 6 nitrogen and oxygen atoms in total. The second-order valence-corrected chi connectivity index (χ2v) is 11.9. The van der Waals surface area contributed by atoms with Gasteiger partial charge in [-0.15, -0.1) is 0 Å². The highest BCUT2D eigenvalue weighted by Crippen LogP contribution is 2.43. The zero-order chi connectivity index (χ0) is 24.8. The topological polar surface area (TPSA) is 65.0 Å². The SMILES string of the molecule is CCCCCCCCCCCCCCCCOC[C@H](/C=C/P(=O)(O)OCC[N+](C)(C)C)OC. The van der Waals surface area contributed by atoms with E-state index in [9.17, 15) is 9.46 Å². The maximum atomic E-state index is 12.1. The van der Waals surface area contributed by atoms with Crippen molar-refractivity contribution in [2.45, 2.75) is 103 Å². The standard InChI is InChI=1S/C26H54NO5P/c1-6-7-8-9-10-11-12-13-14-15-16-17-18-19-22-31-25-26(30-5)20-24-33(28,29)32-23-21-27(2,3)4/h20,24,26H,6-19,21-23,25H2,1-5H3/p+1/b24-20+/t26-/m0/s1. The highest BCUT2D eigenvalue weighted by atomic mass is 31.2. The average Bonchev–Trinajstić information content (AvgIpc) is 2.74. The van der Waals surface area contributed by atoms with Crippen LogP contribution in [0.3, 0.4) is 0 Å². The fourth-order valence-corrected chi connectivity index (χ4v) is 4.33. The molecular formula is C26H55NO5P+. The maximum Gasteiger partial charge on any atom is 0.351 e. The van der Waals surface area contributed by atoms with E-state index in [1.54, 1.807) is 13.2 Å². The van der Waals surface area contributed by atoms with E-state index >= 15 is 0 Å². The Labute approximate surface area is 205 Å². The van der Waals surface area contributed by atoms with Crippen LogP contribution in [0, 0.1) is 0 Å². The summed E-state index contributed by atoms with van der Waals surface area (Å²) in [7, 11) is 3.86. The molecule has 0 bridgehead atoms. The zero-order valence-corrected chi connectivity index (χ0v) is 23.3. The number of quaternary nitrogens is 1. The van der Waals surface area contributed by atoms with Crippen LogP contribution in [0.5, 0.6) is 0 Å². The Bertz CT molecular complexity index is 507. The van der Waals surface area contributed by atoms with E-state index in [0.717, 1.165) is 6.42 Å². The third kappa shape index (κ3) is 24.7. The molecule has 0 aliphatic rings. The lowest BCUT2D eigenvalue weighted by Crippen LogP contribution is -2.37. The molecule has 33 heavy (non-hydrogen) atoms. The van der Waals surface area contributed by atoms with Crippen LogP contribution in [0.4, 0.5) is 0 Å². The molecular weight excluding hydrogens is 437 g/mol. The molecule has 0 aromatic heterocycles. The third-order valence-electron chi connectivity index (χ3n) is 5.75. The van der Waals surface area contributed by atoms with E-state index in [1.165, 1.54) is 89.3 Å². The number of nitrogens with zero attached hydrogens (tertiary/aromatic N) is 1. The molecule has 1 unspecified atom stereocenters. The van der Waals surface area contributed by atoms with E-state index in [1.807, 2.05) is 21.1 Å². The van der Waals surface area contributed by atoms with Crippen LogP contribution in [0.2, 0.25) is 0 Å². The van der Waals surface area contributed by atoms with Crippen LogP contribution < -0.4 is 0 Å². The quantitative estimate of drug-likeness (QED) is 0.0900. The van der Waals surface area contributed by atoms with Crippen LogP contribution in [0.1, 0.15) is 96.8 Å². The molecule has 1 N–H and O–H groups in total. The monoisotopic (exact) mass is 492 g/mol. The minimum Gasteiger partial charge on any atom is -0.378 e. The second kappa shape index (κ2) is 21.1. The normalized spacial score (nSPS) is 15.2. The third-order valence-corrected chi connectivity index (χ3v) is 6.86. The van der Waals surface area contributed by atoms with Gasteiger partial charge in [0.25, 0.3) is 0 Å². The highest BCUT2D eigenvalue weighted by molar-refractivity contribution is 7.56. The molecule has 0 heterocycles. The summed E-state index contributed by atoms with van der Waals surface area (Å²) in [4.78, 5) is 9.91. The van der Waals surface area contributed by atoms with E-state index in [2.05, 4.69) is 6.92 Å². The van der Waals surface area contributed by atoms with Crippen molar-refractivity contribution in [3.63, 3.8) is 0 Å². The Morgan fingerprint density at radius 2 is 1.30 bits per heavy atom. The highest BCUT2D eigenvalue weighted by Gasteiger charge is 2.18. The zero-order valence-electron chi connectivity index (χ0n) is 22.4. The van der Waals surface area contributed by atoms with Crippen LogP contribution in [-0.2, 0) is 18.6 Å². The van der Waals surface area contributed by atoms with Crippen LogP contribution >= 0.6 is 7.60 Å². The van der Waals surface area contributed by atoms with Gasteiger partial charge in [0.1, 0.15) is 13.2 Å². The molecule has 0 saturated carbocycles. The Balaban J connectivity index is 3.62. The molecule has 0 rings (SSSR count). The minimum atomic E-state index is -3.75. The van der Waals surface area contributed by atoms with E-state index in [0.29, 0.717) is 24.2 Å². The van der Waals surface area contributed by atoms with Crippen LogP contribution in [0.15, 0.2) is 11.9 Å². The number of hydrogen-bond donors (Lipinski definition) is 1. The van der Waals surface area contributed by atoms with Crippen LogP contribution in [0.25, 0.3) is 0 Å². The number of likely N-dealkylation sites (N-methyl/N-ethyl adjacent to an activating group) is 1. The lowest BCUT2D eigenvalue weighted by Gasteiger charge is -2.23. The molecule has 2 atom stereocenters. The molecule has 198 valence electrons. The van der Waals surface area contributed by atoms with Gasteiger partial charge in [-0.05, 0) is 12.5 Å². The Morgan fingerprint density at radius 1 is 0.818 bits per heavy atom. The molecule has 0 spiro atoms. The Morgan fingerprint density at radius 3 is 1.76 bits per heavy atom. The summed E-state index contributed by atoms with van der Waals surface area (Å²) < 4.78 is 28.9. The molecule has 0 radical (unpaired) electrons. The summed E-state index contributed by atoms with van der Waals surface area (Å²) in [6.45, 7) is 4.24. The fourth-order valence-electron chi connectivity index (χ4n) is 3.49. The fraction of sp³-hybridized carbons (Fsp3) is 0.923. The van der Waals surface area contributed by atoms with E-state index < -0.39 is 7.60 Å². The van der Waals surface area contributed by atoms with Crippen molar-refractivity contribution >= 4 is 7.60 Å². The first-order valence-electron chi connectivity index (χ1n) is 13.3. The first-order valence-corrected chi connectivity index (χ1v) is 14.9. The van der Waals surface area contributed by atoms with Crippen molar-refractivity contribution < 1.29 is 27.9 Å². The van der Waals surface area contributed by atoms with Gasteiger partial charge in [-0.2, -0.15) is 0 Å². The van der Waals surface area contributed by atoms with Crippen molar-refractivity contribution in [2.24, 2.45) is 0 Å².